The lowest BCUT2D eigenvalue weighted by molar-refractivity contribution is 0.0697. The molecule has 1 heterocycles. The molecular weight excluding hydrogens is 180 g/mol. The maximum absolute atomic E-state index is 10.9. The smallest absolute Gasteiger partial charge is 0.339 e. The van der Waals surface area contributed by atoms with E-state index in [0.717, 1.165) is 12.2 Å². The zero-order valence-electron chi connectivity index (χ0n) is 8.61. The fraction of sp³-hybridized carbons (Fsp3) is 0.400. The van der Waals surface area contributed by atoms with Gasteiger partial charge >= 0.3 is 5.97 Å². The average molecular weight is 194 g/mol. The molecule has 0 bridgehead atoms. The Balaban J connectivity index is 3.22. The molecule has 0 spiro atoms. The third-order valence-corrected chi connectivity index (χ3v) is 2.13. The highest BCUT2D eigenvalue weighted by Crippen LogP contribution is 2.19. The molecule has 0 unspecified atom stereocenters. The summed E-state index contributed by atoms with van der Waals surface area (Å²) in [5.41, 5.74) is 1.79. The van der Waals surface area contributed by atoms with E-state index in [1.54, 1.807) is 6.07 Å². The van der Waals surface area contributed by atoms with Crippen molar-refractivity contribution in [2.75, 3.05) is 18.5 Å². The van der Waals surface area contributed by atoms with E-state index in [0.29, 0.717) is 5.69 Å². The second-order valence-electron chi connectivity index (χ2n) is 3.16. The molecule has 1 aromatic rings. The van der Waals surface area contributed by atoms with Crippen molar-refractivity contribution >= 4 is 11.7 Å². The standard InChI is InChI=1S/C10H14N2O2/c1-4-12(3)9-5-7(2)11-6-8(9)10(13)14/h5-6H,4H2,1-3H3,(H,13,14). The molecule has 0 radical (unpaired) electrons. The number of nitrogens with zero attached hydrogens (tertiary/aromatic N) is 2. The van der Waals surface area contributed by atoms with Crippen molar-refractivity contribution in [3.8, 4) is 0 Å². The van der Waals surface area contributed by atoms with Crippen LogP contribution in [0, 0.1) is 6.92 Å². The first-order valence-electron chi connectivity index (χ1n) is 4.47. The Hall–Kier alpha value is -1.58. The van der Waals surface area contributed by atoms with Gasteiger partial charge < -0.3 is 10.0 Å². The zero-order chi connectivity index (χ0) is 10.7. The summed E-state index contributed by atoms with van der Waals surface area (Å²) >= 11 is 0. The minimum absolute atomic E-state index is 0.250. The summed E-state index contributed by atoms with van der Waals surface area (Å²) in [6, 6.07) is 1.78. The molecule has 0 atom stereocenters. The van der Waals surface area contributed by atoms with E-state index in [2.05, 4.69) is 4.98 Å². The molecule has 4 nitrogen and oxygen atoms in total. The van der Waals surface area contributed by atoms with Crippen molar-refractivity contribution in [2.24, 2.45) is 0 Å². The SMILES string of the molecule is CCN(C)c1cc(C)ncc1C(=O)O. The van der Waals surface area contributed by atoms with E-state index < -0.39 is 5.97 Å². The Bertz CT molecular complexity index is 350. The third-order valence-electron chi connectivity index (χ3n) is 2.13. The number of aromatic carboxylic acids is 1. The summed E-state index contributed by atoms with van der Waals surface area (Å²) in [7, 11) is 1.86. The van der Waals surface area contributed by atoms with Gasteiger partial charge in [-0.1, -0.05) is 0 Å². The van der Waals surface area contributed by atoms with Gasteiger partial charge in [0.1, 0.15) is 5.56 Å². The van der Waals surface area contributed by atoms with Crippen molar-refractivity contribution in [2.45, 2.75) is 13.8 Å². The fourth-order valence-electron chi connectivity index (χ4n) is 1.20. The van der Waals surface area contributed by atoms with Crippen LogP contribution in [0.4, 0.5) is 5.69 Å². The van der Waals surface area contributed by atoms with E-state index in [4.69, 9.17) is 5.11 Å². The van der Waals surface area contributed by atoms with Gasteiger partial charge in [-0.2, -0.15) is 0 Å². The zero-order valence-corrected chi connectivity index (χ0v) is 8.61. The summed E-state index contributed by atoms with van der Waals surface area (Å²) < 4.78 is 0. The van der Waals surface area contributed by atoms with Gasteiger partial charge in [-0.3, -0.25) is 4.98 Å². The molecule has 4 heteroatoms. The Morgan fingerprint density at radius 2 is 2.29 bits per heavy atom. The largest absolute Gasteiger partial charge is 0.478 e. The molecule has 0 amide bonds. The molecule has 0 saturated heterocycles. The lowest BCUT2D eigenvalue weighted by atomic mass is 10.2. The van der Waals surface area contributed by atoms with Gasteiger partial charge in [0.2, 0.25) is 0 Å². The minimum atomic E-state index is -0.937. The lowest BCUT2D eigenvalue weighted by Crippen LogP contribution is -2.19. The summed E-state index contributed by atoms with van der Waals surface area (Å²) in [4.78, 5) is 16.7. The topological polar surface area (TPSA) is 53.4 Å². The summed E-state index contributed by atoms with van der Waals surface area (Å²) in [6.45, 7) is 4.59. The second-order valence-corrected chi connectivity index (χ2v) is 3.16. The first-order chi connectivity index (χ1) is 6.56. The Kier molecular flexibility index (Phi) is 3.06. The molecule has 0 aliphatic rings. The molecule has 0 aliphatic heterocycles. The maximum Gasteiger partial charge on any atom is 0.339 e. The highest BCUT2D eigenvalue weighted by Gasteiger charge is 2.13. The fourth-order valence-corrected chi connectivity index (χ4v) is 1.20. The third kappa shape index (κ3) is 2.02. The van der Waals surface area contributed by atoms with Crippen LogP contribution in [0.3, 0.4) is 0 Å². The molecule has 0 fully saturated rings. The van der Waals surface area contributed by atoms with Crippen LogP contribution in [-0.4, -0.2) is 29.7 Å². The second kappa shape index (κ2) is 4.09. The number of rotatable bonds is 3. The van der Waals surface area contributed by atoms with Crippen molar-refractivity contribution in [3.05, 3.63) is 23.5 Å². The first kappa shape index (κ1) is 10.5. The van der Waals surface area contributed by atoms with E-state index in [9.17, 15) is 4.79 Å². The summed E-state index contributed by atoms with van der Waals surface area (Å²) in [6.07, 6.45) is 1.40. The minimum Gasteiger partial charge on any atom is -0.478 e. The van der Waals surface area contributed by atoms with Crippen LogP contribution in [0.15, 0.2) is 12.3 Å². The Morgan fingerprint density at radius 1 is 1.64 bits per heavy atom. The van der Waals surface area contributed by atoms with E-state index in [1.807, 2.05) is 25.8 Å². The molecular formula is C10H14N2O2. The number of carboxylic acids is 1. The van der Waals surface area contributed by atoms with Crippen LogP contribution in [0.25, 0.3) is 0 Å². The molecule has 76 valence electrons. The van der Waals surface area contributed by atoms with E-state index in [1.165, 1.54) is 6.20 Å². The van der Waals surface area contributed by atoms with Gasteiger partial charge in [0.25, 0.3) is 0 Å². The lowest BCUT2D eigenvalue weighted by Gasteiger charge is -2.19. The van der Waals surface area contributed by atoms with Gasteiger partial charge in [-0.05, 0) is 19.9 Å². The molecule has 0 saturated carbocycles. The highest BCUT2D eigenvalue weighted by atomic mass is 16.4. The number of pyridine rings is 1. The van der Waals surface area contributed by atoms with Crippen molar-refractivity contribution < 1.29 is 9.90 Å². The number of anilines is 1. The molecule has 14 heavy (non-hydrogen) atoms. The number of carbonyl (C=O) groups is 1. The molecule has 1 N–H and O–H groups in total. The number of hydrogen-bond donors (Lipinski definition) is 1. The predicted octanol–water partition coefficient (Wildman–Crippen LogP) is 1.54. The van der Waals surface area contributed by atoms with Crippen LogP contribution in [-0.2, 0) is 0 Å². The number of aromatic nitrogens is 1. The van der Waals surface area contributed by atoms with Crippen LogP contribution >= 0.6 is 0 Å². The Labute approximate surface area is 83.2 Å². The van der Waals surface area contributed by atoms with E-state index >= 15 is 0 Å². The van der Waals surface area contributed by atoms with Crippen LogP contribution < -0.4 is 4.90 Å². The maximum atomic E-state index is 10.9. The van der Waals surface area contributed by atoms with Crippen LogP contribution in [0.5, 0.6) is 0 Å². The predicted molar refractivity (Wildman–Crippen MR) is 54.9 cm³/mol. The molecule has 1 aromatic heterocycles. The van der Waals surface area contributed by atoms with Gasteiger partial charge in [-0.15, -0.1) is 0 Å². The number of aryl methyl sites for hydroxylation is 1. The Morgan fingerprint density at radius 3 is 2.79 bits per heavy atom. The summed E-state index contributed by atoms with van der Waals surface area (Å²) in [5.74, 6) is -0.937. The van der Waals surface area contributed by atoms with Gasteiger partial charge in [0.15, 0.2) is 0 Å². The van der Waals surface area contributed by atoms with Crippen molar-refractivity contribution in [1.82, 2.24) is 4.98 Å². The van der Waals surface area contributed by atoms with Gasteiger partial charge in [0.05, 0.1) is 5.69 Å². The van der Waals surface area contributed by atoms with Crippen molar-refractivity contribution in [3.63, 3.8) is 0 Å². The number of hydrogen-bond acceptors (Lipinski definition) is 3. The van der Waals surface area contributed by atoms with Gasteiger partial charge in [-0.25, -0.2) is 4.79 Å². The number of carboxylic acid groups (broad SMARTS) is 1. The van der Waals surface area contributed by atoms with E-state index in [-0.39, 0.29) is 5.56 Å². The van der Waals surface area contributed by atoms with Crippen molar-refractivity contribution in [1.29, 1.82) is 0 Å². The van der Waals surface area contributed by atoms with Gasteiger partial charge in [0, 0.05) is 25.5 Å². The first-order valence-corrected chi connectivity index (χ1v) is 4.47. The highest BCUT2D eigenvalue weighted by molar-refractivity contribution is 5.94. The normalized spacial score (nSPS) is 9.93. The quantitative estimate of drug-likeness (QED) is 0.793. The molecule has 1 rings (SSSR count). The molecule has 0 aromatic carbocycles. The average Bonchev–Trinajstić information content (AvgIpc) is 2.16. The van der Waals surface area contributed by atoms with Crippen LogP contribution in [0.1, 0.15) is 23.0 Å². The molecule has 0 aliphatic carbocycles. The summed E-state index contributed by atoms with van der Waals surface area (Å²) in [5, 5.41) is 8.93. The van der Waals surface area contributed by atoms with Crippen LogP contribution in [0.2, 0.25) is 0 Å². The monoisotopic (exact) mass is 194 g/mol.